The molecule has 6 N–H and O–H groups in total. The Bertz CT molecular complexity index is 1660. The van der Waals surface area contributed by atoms with Crippen molar-refractivity contribution in [1.82, 2.24) is 0 Å². The number of fused-ring (bicyclic) bond motifs is 1. The number of hydrogen-bond donors (Lipinski definition) is 6. The Morgan fingerprint density at radius 1 is 0.905 bits per heavy atom. The minimum Gasteiger partial charge on any atom is -0.508 e. The first-order valence-corrected chi connectivity index (χ1v) is 12.7. The van der Waals surface area contributed by atoms with Crippen LogP contribution in [0.4, 0.5) is 0 Å². The molecule has 0 aliphatic carbocycles. The highest BCUT2D eigenvalue weighted by molar-refractivity contribution is 5.87. The third-order valence-corrected chi connectivity index (χ3v) is 6.57. The van der Waals surface area contributed by atoms with Crippen LogP contribution in [0.3, 0.4) is 0 Å². The van der Waals surface area contributed by atoms with Crippen molar-refractivity contribution in [2.24, 2.45) is 0 Å². The molecule has 42 heavy (non-hydrogen) atoms. The number of carbonyl (C=O) groups is 1. The Kier molecular flexibility index (Phi) is 8.13. The fraction of sp³-hybridized carbons (Fsp3) is 0.200. The molecule has 0 spiro atoms. The van der Waals surface area contributed by atoms with E-state index in [1.165, 1.54) is 54.6 Å². The van der Waals surface area contributed by atoms with Gasteiger partial charge in [0.2, 0.25) is 6.29 Å². The fourth-order valence-electron chi connectivity index (χ4n) is 4.41. The maximum absolute atomic E-state index is 12.8. The monoisotopic (exact) mass is 578 g/mol. The van der Waals surface area contributed by atoms with E-state index >= 15 is 0 Å². The second-order valence-corrected chi connectivity index (χ2v) is 9.49. The highest BCUT2D eigenvalue weighted by Crippen LogP contribution is 2.34. The zero-order valence-corrected chi connectivity index (χ0v) is 21.7. The maximum Gasteiger partial charge on any atom is 0.331 e. The molecule has 0 amide bonds. The number of aliphatic hydroxyl groups excluding tert-OH is 3. The molecule has 1 aliphatic heterocycles. The van der Waals surface area contributed by atoms with E-state index in [9.17, 15) is 40.2 Å². The molecule has 5 rings (SSSR count). The number of carbonyl (C=O) groups excluding carboxylic acids is 1. The fourth-order valence-corrected chi connectivity index (χ4v) is 4.41. The largest absolute Gasteiger partial charge is 0.508 e. The van der Waals surface area contributed by atoms with Crippen LogP contribution < -0.4 is 10.2 Å². The molecule has 0 saturated carbocycles. The normalized spacial score (nSPS) is 22.3. The Morgan fingerprint density at radius 2 is 1.57 bits per heavy atom. The molecule has 12 heteroatoms. The number of phenols is 3. The highest BCUT2D eigenvalue weighted by atomic mass is 16.7. The lowest BCUT2D eigenvalue weighted by molar-refractivity contribution is -0.281. The van der Waals surface area contributed by atoms with E-state index in [1.54, 1.807) is 12.1 Å². The summed E-state index contributed by atoms with van der Waals surface area (Å²) in [7, 11) is 0. The number of rotatable bonds is 7. The zero-order chi connectivity index (χ0) is 30.0. The van der Waals surface area contributed by atoms with Crippen LogP contribution in [0.5, 0.6) is 23.0 Å². The standard InChI is InChI=1S/C30H26O12/c31-14-24-27(37)28(38)29(42-25(36)10-3-15-1-6-17(32)7-2-15)30(41-24)39-19-11-20(34)26-21(35)13-22(40-23(26)12-19)16-4-8-18(33)9-5-16/h1-13,24,27-34,37-38H,14H2/b10-3+/t24-,27-,28+,29-,30-/m1/s1. The average molecular weight is 579 g/mol. The van der Waals surface area contributed by atoms with Gasteiger partial charge in [-0.05, 0) is 48.0 Å². The molecule has 218 valence electrons. The Hall–Kier alpha value is -4.88. The number of esters is 1. The number of aromatic hydroxyl groups is 3. The van der Waals surface area contributed by atoms with Crippen LogP contribution in [0.15, 0.2) is 82.0 Å². The summed E-state index contributed by atoms with van der Waals surface area (Å²) in [6.45, 7) is -0.701. The smallest absolute Gasteiger partial charge is 0.331 e. The third-order valence-electron chi connectivity index (χ3n) is 6.57. The van der Waals surface area contributed by atoms with E-state index in [2.05, 4.69) is 0 Å². The van der Waals surface area contributed by atoms with E-state index in [0.717, 1.165) is 12.1 Å². The number of ether oxygens (including phenoxy) is 3. The maximum atomic E-state index is 12.8. The summed E-state index contributed by atoms with van der Waals surface area (Å²) in [5.74, 6) is -1.33. The van der Waals surface area contributed by atoms with Gasteiger partial charge in [0.05, 0.1) is 6.61 Å². The molecular formula is C30H26O12. The summed E-state index contributed by atoms with van der Waals surface area (Å²) in [6, 6.07) is 15.4. The van der Waals surface area contributed by atoms with Gasteiger partial charge in [0.1, 0.15) is 58.0 Å². The number of aliphatic hydroxyl groups is 3. The van der Waals surface area contributed by atoms with E-state index < -0.39 is 54.5 Å². The highest BCUT2D eigenvalue weighted by Gasteiger charge is 2.48. The minimum atomic E-state index is -1.74. The summed E-state index contributed by atoms with van der Waals surface area (Å²) < 4.78 is 22.6. The van der Waals surface area contributed by atoms with Gasteiger partial charge in [0, 0.05) is 29.8 Å². The molecule has 1 fully saturated rings. The first kappa shape index (κ1) is 28.6. The van der Waals surface area contributed by atoms with Gasteiger partial charge in [0.25, 0.3) is 0 Å². The molecule has 5 atom stereocenters. The van der Waals surface area contributed by atoms with Crippen LogP contribution >= 0.6 is 0 Å². The Labute approximate surface area is 237 Å². The van der Waals surface area contributed by atoms with Crippen LogP contribution in [-0.4, -0.2) is 73.9 Å². The van der Waals surface area contributed by atoms with Gasteiger partial charge < -0.3 is 49.3 Å². The summed E-state index contributed by atoms with van der Waals surface area (Å²) in [6.07, 6.45) is -5.38. The van der Waals surface area contributed by atoms with Crippen molar-refractivity contribution in [3.63, 3.8) is 0 Å². The third kappa shape index (κ3) is 6.06. The summed E-state index contributed by atoms with van der Waals surface area (Å²) in [5, 5.41) is 60.2. The SMILES string of the molecule is O=C(/C=C/c1ccc(O)cc1)O[C@H]1[C@H](Oc2cc(O)c3c(=O)cc(-c4ccc(O)cc4)oc3c2)O[C@H](CO)[C@@H](O)[C@@H]1O. The first-order valence-electron chi connectivity index (χ1n) is 12.7. The van der Waals surface area contributed by atoms with Crippen molar-refractivity contribution in [2.75, 3.05) is 6.61 Å². The molecule has 3 aromatic carbocycles. The summed E-state index contributed by atoms with van der Waals surface area (Å²) in [5.41, 5.74) is 0.422. The second kappa shape index (κ2) is 11.9. The lowest BCUT2D eigenvalue weighted by Gasteiger charge is -2.41. The lowest BCUT2D eigenvalue weighted by Crippen LogP contribution is -2.61. The van der Waals surface area contributed by atoms with E-state index in [4.69, 9.17) is 18.6 Å². The van der Waals surface area contributed by atoms with Crippen molar-refractivity contribution >= 4 is 23.0 Å². The second-order valence-electron chi connectivity index (χ2n) is 9.49. The summed E-state index contributed by atoms with van der Waals surface area (Å²) in [4.78, 5) is 25.4. The van der Waals surface area contributed by atoms with Gasteiger partial charge in [-0.2, -0.15) is 0 Å². The molecule has 1 aliphatic rings. The van der Waals surface area contributed by atoms with Crippen molar-refractivity contribution < 1.29 is 54.1 Å². The minimum absolute atomic E-state index is 0.0160. The summed E-state index contributed by atoms with van der Waals surface area (Å²) >= 11 is 0. The lowest BCUT2D eigenvalue weighted by atomic mass is 9.99. The Morgan fingerprint density at radius 3 is 2.24 bits per heavy atom. The molecule has 1 saturated heterocycles. The van der Waals surface area contributed by atoms with E-state index in [0.29, 0.717) is 11.1 Å². The molecule has 0 bridgehead atoms. The molecule has 0 radical (unpaired) electrons. The first-order chi connectivity index (χ1) is 20.1. The number of phenolic OH excluding ortho intramolecular Hbond substituents is 3. The molecule has 12 nitrogen and oxygen atoms in total. The van der Waals surface area contributed by atoms with Gasteiger partial charge in [-0.25, -0.2) is 4.79 Å². The van der Waals surface area contributed by atoms with Crippen molar-refractivity contribution in [2.45, 2.75) is 30.7 Å². The van der Waals surface area contributed by atoms with Crippen molar-refractivity contribution in [3.05, 3.63) is 88.6 Å². The van der Waals surface area contributed by atoms with E-state index in [1.807, 2.05) is 0 Å². The van der Waals surface area contributed by atoms with Gasteiger partial charge in [-0.1, -0.05) is 12.1 Å². The van der Waals surface area contributed by atoms with Crippen LogP contribution in [0.2, 0.25) is 0 Å². The van der Waals surface area contributed by atoms with Gasteiger partial charge in [-0.15, -0.1) is 0 Å². The number of benzene rings is 3. The zero-order valence-electron chi connectivity index (χ0n) is 21.7. The molecule has 4 aromatic rings. The van der Waals surface area contributed by atoms with Crippen LogP contribution in [0.1, 0.15) is 5.56 Å². The molecule has 0 unspecified atom stereocenters. The van der Waals surface area contributed by atoms with Crippen molar-refractivity contribution in [3.8, 4) is 34.3 Å². The predicted octanol–water partition coefficient (Wildman–Crippen LogP) is 2.02. The van der Waals surface area contributed by atoms with Crippen LogP contribution in [-0.2, 0) is 14.3 Å². The van der Waals surface area contributed by atoms with Gasteiger partial charge >= 0.3 is 5.97 Å². The van der Waals surface area contributed by atoms with E-state index in [-0.39, 0.29) is 34.0 Å². The topological polar surface area (TPSA) is 196 Å². The molecule has 2 heterocycles. The predicted molar refractivity (Wildman–Crippen MR) is 147 cm³/mol. The Balaban J connectivity index is 1.43. The van der Waals surface area contributed by atoms with Crippen LogP contribution in [0, 0.1) is 0 Å². The van der Waals surface area contributed by atoms with Crippen molar-refractivity contribution in [1.29, 1.82) is 0 Å². The quantitative estimate of drug-likeness (QED) is 0.138. The average Bonchev–Trinajstić information content (AvgIpc) is 2.96. The molecular weight excluding hydrogens is 552 g/mol. The molecule has 1 aromatic heterocycles. The van der Waals surface area contributed by atoms with Gasteiger partial charge in [-0.3, -0.25) is 4.79 Å². The van der Waals surface area contributed by atoms with Crippen LogP contribution in [0.25, 0.3) is 28.4 Å². The van der Waals surface area contributed by atoms with Gasteiger partial charge in [0.15, 0.2) is 11.5 Å². The number of hydrogen-bond acceptors (Lipinski definition) is 12.